The average molecular weight is 490 g/mol. The Morgan fingerprint density at radius 2 is 1.59 bits per heavy atom. The lowest BCUT2D eigenvalue weighted by atomic mass is 9.99. The maximum atomic E-state index is 10.7. The van der Waals surface area contributed by atoms with Gasteiger partial charge in [-0.05, 0) is 49.4 Å². The number of methoxy groups -OCH3 is 2. The van der Waals surface area contributed by atoms with Gasteiger partial charge in [-0.3, -0.25) is 0 Å². The molecule has 1 N–H and O–H groups in total. The lowest BCUT2D eigenvalue weighted by Crippen LogP contribution is -1.99. The molecular formula is C25H20BrN3O3. The fourth-order valence-corrected chi connectivity index (χ4v) is 4.40. The summed E-state index contributed by atoms with van der Waals surface area (Å²) in [5, 5.41) is 18.2. The summed E-state index contributed by atoms with van der Waals surface area (Å²) in [4.78, 5) is 5.03. The number of hydrogen-bond donors (Lipinski definition) is 1. The monoisotopic (exact) mass is 489 g/mol. The zero-order chi connectivity index (χ0) is 22.4. The highest BCUT2D eigenvalue weighted by Crippen LogP contribution is 2.43. The Hall–Kier alpha value is -3.58. The molecule has 0 aliphatic carbocycles. The molecule has 5 aromatic rings. The molecule has 0 spiro atoms. The summed E-state index contributed by atoms with van der Waals surface area (Å²) >= 11 is 3.51. The van der Waals surface area contributed by atoms with Crippen LogP contribution in [-0.4, -0.2) is 34.1 Å². The average Bonchev–Trinajstić information content (AvgIpc) is 3.16. The van der Waals surface area contributed by atoms with Crippen molar-refractivity contribution in [2.24, 2.45) is 0 Å². The summed E-state index contributed by atoms with van der Waals surface area (Å²) in [6, 6.07) is 19.0. The molecule has 0 atom stereocenters. The summed E-state index contributed by atoms with van der Waals surface area (Å²) in [5.41, 5.74) is 3.69. The summed E-state index contributed by atoms with van der Waals surface area (Å²) in [6.45, 7) is 1.97. The number of pyridine rings is 1. The minimum atomic E-state index is 0.138. The van der Waals surface area contributed by atoms with Crippen molar-refractivity contribution in [1.29, 1.82) is 0 Å². The Bertz CT molecular complexity index is 1480. The number of aryl methyl sites for hydroxylation is 1. The van der Waals surface area contributed by atoms with Gasteiger partial charge in [-0.1, -0.05) is 34.1 Å². The molecule has 0 saturated heterocycles. The number of aromatic nitrogens is 3. The van der Waals surface area contributed by atoms with Crippen LogP contribution in [0.25, 0.3) is 38.8 Å². The number of fused-ring (bicyclic) bond motifs is 3. The van der Waals surface area contributed by atoms with Crippen molar-refractivity contribution in [1.82, 2.24) is 14.8 Å². The quantitative estimate of drug-likeness (QED) is 0.333. The van der Waals surface area contributed by atoms with Crippen LogP contribution < -0.4 is 9.47 Å². The molecule has 7 heteroatoms. The molecule has 32 heavy (non-hydrogen) atoms. The maximum Gasteiger partial charge on any atom is 0.164 e. The van der Waals surface area contributed by atoms with Crippen LogP contribution in [0.4, 0.5) is 0 Å². The number of rotatable bonds is 4. The van der Waals surface area contributed by atoms with Gasteiger partial charge in [-0.15, -0.1) is 0 Å². The fraction of sp³-hybridized carbons (Fsp3) is 0.120. The SMILES string of the molecule is COc1cc2c(-c3cc(Br)ccc3O)nc3c(c(C)nn3-c3ccccc3)c2cc1OC. The lowest BCUT2D eigenvalue weighted by molar-refractivity contribution is 0.356. The Kier molecular flexibility index (Phi) is 4.98. The number of para-hydroxylation sites is 1. The third-order valence-corrected chi connectivity index (χ3v) is 6.01. The molecule has 5 rings (SSSR count). The third kappa shape index (κ3) is 3.17. The topological polar surface area (TPSA) is 69.4 Å². The van der Waals surface area contributed by atoms with Gasteiger partial charge in [0.15, 0.2) is 17.1 Å². The van der Waals surface area contributed by atoms with Gasteiger partial charge < -0.3 is 14.6 Å². The van der Waals surface area contributed by atoms with E-state index in [0.29, 0.717) is 28.4 Å². The number of benzene rings is 3. The molecular weight excluding hydrogens is 470 g/mol. The number of phenolic OH excluding ortho intramolecular Hbond substituents is 1. The zero-order valence-corrected chi connectivity index (χ0v) is 19.3. The van der Waals surface area contributed by atoms with E-state index in [2.05, 4.69) is 15.9 Å². The normalized spacial score (nSPS) is 11.2. The van der Waals surface area contributed by atoms with Crippen LogP contribution in [0.3, 0.4) is 0 Å². The first-order valence-corrected chi connectivity index (χ1v) is 10.8. The number of aromatic hydroxyl groups is 1. The number of ether oxygens (including phenoxy) is 2. The highest BCUT2D eigenvalue weighted by Gasteiger charge is 2.21. The van der Waals surface area contributed by atoms with E-state index in [9.17, 15) is 5.11 Å². The second-order valence-electron chi connectivity index (χ2n) is 7.41. The van der Waals surface area contributed by atoms with Crippen molar-refractivity contribution in [3.63, 3.8) is 0 Å². The van der Waals surface area contributed by atoms with Gasteiger partial charge in [0.2, 0.25) is 0 Å². The van der Waals surface area contributed by atoms with Crippen molar-refractivity contribution < 1.29 is 14.6 Å². The Balaban J connectivity index is 1.98. The molecule has 0 bridgehead atoms. The number of halogens is 1. The molecule has 0 amide bonds. The Labute approximate surface area is 193 Å². The molecule has 6 nitrogen and oxygen atoms in total. The molecule has 2 heterocycles. The van der Waals surface area contributed by atoms with Crippen LogP contribution in [0.2, 0.25) is 0 Å². The lowest BCUT2D eigenvalue weighted by Gasteiger charge is -2.14. The molecule has 0 radical (unpaired) electrons. The Morgan fingerprint density at radius 3 is 2.28 bits per heavy atom. The van der Waals surface area contributed by atoms with Gasteiger partial charge in [-0.25, -0.2) is 9.67 Å². The van der Waals surface area contributed by atoms with Crippen LogP contribution in [0.15, 0.2) is 65.1 Å². The highest BCUT2D eigenvalue weighted by atomic mass is 79.9. The van der Waals surface area contributed by atoms with Crippen molar-refractivity contribution in [2.45, 2.75) is 6.92 Å². The number of nitrogens with zero attached hydrogens (tertiary/aromatic N) is 3. The van der Waals surface area contributed by atoms with Crippen molar-refractivity contribution in [3.05, 3.63) is 70.8 Å². The van der Waals surface area contributed by atoms with Crippen LogP contribution in [-0.2, 0) is 0 Å². The summed E-state index contributed by atoms with van der Waals surface area (Å²) < 4.78 is 13.8. The molecule has 0 unspecified atom stereocenters. The maximum absolute atomic E-state index is 10.7. The molecule has 160 valence electrons. The van der Waals surface area contributed by atoms with Gasteiger partial charge in [0.25, 0.3) is 0 Å². The minimum absolute atomic E-state index is 0.138. The highest BCUT2D eigenvalue weighted by molar-refractivity contribution is 9.10. The van der Waals surface area contributed by atoms with E-state index in [-0.39, 0.29) is 5.75 Å². The summed E-state index contributed by atoms with van der Waals surface area (Å²) in [7, 11) is 3.22. The molecule has 0 aliphatic rings. The largest absolute Gasteiger partial charge is 0.507 e. The van der Waals surface area contributed by atoms with Crippen molar-refractivity contribution >= 4 is 37.7 Å². The van der Waals surface area contributed by atoms with Crippen LogP contribution in [0.5, 0.6) is 17.2 Å². The fourth-order valence-electron chi connectivity index (χ4n) is 4.03. The van der Waals surface area contributed by atoms with Crippen molar-refractivity contribution in [2.75, 3.05) is 14.2 Å². The van der Waals surface area contributed by atoms with E-state index in [1.54, 1.807) is 26.4 Å². The van der Waals surface area contributed by atoms with Gasteiger partial charge >= 0.3 is 0 Å². The number of hydrogen-bond acceptors (Lipinski definition) is 5. The van der Waals surface area contributed by atoms with Gasteiger partial charge in [0.1, 0.15) is 5.75 Å². The standard InChI is InChI=1S/C25H20BrN3O3/c1-14-23-17-12-21(31-2)22(32-3)13-18(17)24(19-11-15(26)9-10-20(19)30)27-25(23)29(28-14)16-7-5-4-6-8-16/h4-13,30H,1-3H3. The molecule has 0 saturated carbocycles. The first-order valence-electron chi connectivity index (χ1n) is 10.0. The number of phenols is 1. The van der Waals surface area contributed by atoms with Crippen LogP contribution in [0, 0.1) is 6.92 Å². The molecule has 0 aliphatic heterocycles. The van der Waals surface area contributed by atoms with E-state index >= 15 is 0 Å². The second kappa shape index (κ2) is 7.84. The minimum Gasteiger partial charge on any atom is -0.507 e. The van der Waals surface area contributed by atoms with E-state index < -0.39 is 0 Å². The third-order valence-electron chi connectivity index (χ3n) is 5.52. The molecule has 2 aromatic heterocycles. The molecule has 0 fully saturated rings. The second-order valence-corrected chi connectivity index (χ2v) is 8.32. The zero-order valence-electron chi connectivity index (χ0n) is 17.8. The summed E-state index contributed by atoms with van der Waals surface area (Å²) in [6.07, 6.45) is 0. The Morgan fingerprint density at radius 1 is 0.906 bits per heavy atom. The molecule has 3 aromatic carbocycles. The smallest absolute Gasteiger partial charge is 0.164 e. The predicted octanol–water partition coefficient (Wildman–Crippen LogP) is 6.03. The van der Waals surface area contributed by atoms with E-state index in [4.69, 9.17) is 19.6 Å². The van der Waals surface area contributed by atoms with E-state index in [1.807, 2.05) is 60.1 Å². The first-order chi connectivity index (χ1) is 15.5. The predicted molar refractivity (Wildman–Crippen MR) is 129 cm³/mol. The van der Waals surface area contributed by atoms with Crippen LogP contribution in [0.1, 0.15) is 5.69 Å². The van der Waals surface area contributed by atoms with Crippen LogP contribution >= 0.6 is 15.9 Å². The van der Waals surface area contributed by atoms with E-state index in [1.165, 1.54) is 0 Å². The van der Waals surface area contributed by atoms with Gasteiger partial charge in [0.05, 0.1) is 36.7 Å². The van der Waals surface area contributed by atoms with Gasteiger partial charge in [0, 0.05) is 20.8 Å². The van der Waals surface area contributed by atoms with Crippen molar-refractivity contribution in [3.8, 4) is 34.2 Å². The van der Waals surface area contributed by atoms with Gasteiger partial charge in [-0.2, -0.15) is 5.10 Å². The summed E-state index contributed by atoms with van der Waals surface area (Å²) in [5.74, 6) is 1.34. The van der Waals surface area contributed by atoms with E-state index in [0.717, 1.165) is 32.0 Å². The first kappa shape index (κ1) is 20.3.